The van der Waals surface area contributed by atoms with Crippen molar-refractivity contribution >= 4 is 15.9 Å². The molecule has 2 rings (SSSR count). The minimum Gasteiger partial charge on any atom is -0.492 e. The zero-order chi connectivity index (χ0) is 10.1. The lowest BCUT2D eigenvalue weighted by molar-refractivity contribution is -0.0731. The highest BCUT2D eigenvalue weighted by Crippen LogP contribution is 2.34. The van der Waals surface area contributed by atoms with Gasteiger partial charge in [0.2, 0.25) is 0 Å². The van der Waals surface area contributed by atoms with Crippen LogP contribution in [0.5, 0.6) is 5.75 Å². The standard InChI is InChI=1S/C10H12BrNO2/c1-12(13)6-7-4-8-2-3-14-10(8)9(11)5-7/h4-5,13H,2-3,6H2,1H3. The largest absolute Gasteiger partial charge is 0.492 e. The molecule has 0 aromatic heterocycles. The fraction of sp³-hybridized carbons (Fsp3) is 0.400. The van der Waals surface area contributed by atoms with Crippen LogP contribution in [0, 0.1) is 0 Å². The van der Waals surface area contributed by atoms with E-state index in [4.69, 9.17) is 9.94 Å². The predicted molar refractivity (Wildman–Crippen MR) is 56.6 cm³/mol. The van der Waals surface area contributed by atoms with E-state index in [0.29, 0.717) is 6.54 Å². The molecule has 76 valence electrons. The monoisotopic (exact) mass is 257 g/mol. The average Bonchev–Trinajstić information content (AvgIpc) is 2.50. The SMILES string of the molecule is CN(O)Cc1cc(Br)c2c(c1)CCO2. The molecule has 0 amide bonds. The molecule has 0 radical (unpaired) electrons. The first-order valence-electron chi connectivity index (χ1n) is 4.51. The van der Waals surface area contributed by atoms with Crippen molar-refractivity contribution in [1.29, 1.82) is 0 Å². The Labute approximate surface area is 91.4 Å². The molecular formula is C10H12BrNO2. The zero-order valence-corrected chi connectivity index (χ0v) is 9.54. The topological polar surface area (TPSA) is 32.7 Å². The van der Waals surface area contributed by atoms with E-state index in [1.807, 2.05) is 6.07 Å². The summed E-state index contributed by atoms with van der Waals surface area (Å²) < 4.78 is 6.44. The molecule has 1 aliphatic heterocycles. The summed E-state index contributed by atoms with van der Waals surface area (Å²) in [6, 6.07) is 4.07. The molecule has 0 saturated heterocycles. The van der Waals surface area contributed by atoms with Gasteiger partial charge in [0.15, 0.2) is 0 Å². The van der Waals surface area contributed by atoms with Crippen molar-refractivity contribution in [2.75, 3.05) is 13.7 Å². The van der Waals surface area contributed by atoms with E-state index in [9.17, 15) is 0 Å². The van der Waals surface area contributed by atoms with Crippen molar-refractivity contribution in [2.24, 2.45) is 0 Å². The van der Waals surface area contributed by atoms with Crippen molar-refractivity contribution in [1.82, 2.24) is 5.06 Å². The van der Waals surface area contributed by atoms with Gasteiger partial charge >= 0.3 is 0 Å². The first kappa shape index (κ1) is 9.96. The molecule has 0 atom stereocenters. The number of benzene rings is 1. The summed E-state index contributed by atoms with van der Waals surface area (Å²) in [6.45, 7) is 1.29. The molecule has 1 aromatic rings. The second-order valence-corrected chi connectivity index (χ2v) is 4.33. The molecule has 0 unspecified atom stereocenters. The van der Waals surface area contributed by atoms with Crippen molar-refractivity contribution in [2.45, 2.75) is 13.0 Å². The highest BCUT2D eigenvalue weighted by molar-refractivity contribution is 9.10. The zero-order valence-electron chi connectivity index (χ0n) is 7.96. The van der Waals surface area contributed by atoms with E-state index in [1.165, 1.54) is 10.6 Å². The fourth-order valence-electron chi connectivity index (χ4n) is 1.68. The van der Waals surface area contributed by atoms with Crippen LogP contribution in [0.2, 0.25) is 0 Å². The van der Waals surface area contributed by atoms with Gasteiger partial charge in [0.1, 0.15) is 5.75 Å². The molecule has 0 bridgehead atoms. The van der Waals surface area contributed by atoms with Crippen molar-refractivity contribution < 1.29 is 9.94 Å². The van der Waals surface area contributed by atoms with Crippen LogP contribution in [0.4, 0.5) is 0 Å². The molecule has 0 spiro atoms. The Morgan fingerprint density at radius 2 is 2.36 bits per heavy atom. The summed E-state index contributed by atoms with van der Waals surface area (Å²) in [5.41, 5.74) is 2.31. The van der Waals surface area contributed by atoms with Gasteiger partial charge in [-0.05, 0) is 33.1 Å². The van der Waals surface area contributed by atoms with Crippen LogP contribution < -0.4 is 4.74 Å². The van der Waals surface area contributed by atoms with Gasteiger partial charge in [-0.3, -0.25) is 0 Å². The Hall–Kier alpha value is -0.580. The number of halogens is 1. The minimum absolute atomic E-state index is 0.534. The lowest BCUT2D eigenvalue weighted by Gasteiger charge is -2.10. The van der Waals surface area contributed by atoms with Crippen LogP contribution in [0.15, 0.2) is 16.6 Å². The summed E-state index contributed by atoms with van der Waals surface area (Å²) in [7, 11) is 1.64. The van der Waals surface area contributed by atoms with Crippen LogP contribution in [-0.2, 0) is 13.0 Å². The smallest absolute Gasteiger partial charge is 0.136 e. The second-order valence-electron chi connectivity index (χ2n) is 3.48. The molecule has 1 N–H and O–H groups in total. The Balaban J connectivity index is 2.32. The third-order valence-electron chi connectivity index (χ3n) is 2.21. The molecule has 0 saturated carbocycles. The maximum atomic E-state index is 9.13. The molecule has 0 fully saturated rings. The molecule has 4 heteroatoms. The molecule has 0 aliphatic carbocycles. The maximum Gasteiger partial charge on any atom is 0.136 e. The van der Waals surface area contributed by atoms with Crippen LogP contribution in [0.1, 0.15) is 11.1 Å². The molecule has 1 aliphatic rings. The van der Waals surface area contributed by atoms with E-state index in [2.05, 4.69) is 22.0 Å². The van der Waals surface area contributed by atoms with E-state index in [0.717, 1.165) is 28.8 Å². The minimum atomic E-state index is 0.534. The molecule has 1 heterocycles. The Morgan fingerprint density at radius 1 is 1.57 bits per heavy atom. The second kappa shape index (κ2) is 3.88. The fourth-order valence-corrected chi connectivity index (χ4v) is 2.34. The summed E-state index contributed by atoms with van der Waals surface area (Å²) in [5, 5.41) is 10.3. The first-order valence-corrected chi connectivity index (χ1v) is 5.30. The van der Waals surface area contributed by atoms with Gasteiger partial charge in [-0.25, -0.2) is 0 Å². The quantitative estimate of drug-likeness (QED) is 0.825. The van der Waals surface area contributed by atoms with E-state index in [-0.39, 0.29) is 0 Å². The number of hydrogen-bond acceptors (Lipinski definition) is 3. The third kappa shape index (κ3) is 1.92. The van der Waals surface area contributed by atoms with Crippen molar-refractivity contribution in [3.8, 4) is 5.75 Å². The molecular weight excluding hydrogens is 246 g/mol. The highest BCUT2D eigenvalue weighted by atomic mass is 79.9. The normalized spacial score (nSPS) is 14.3. The number of rotatable bonds is 2. The summed E-state index contributed by atoms with van der Waals surface area (Å²) in [6.07, 6.45) is 0.955. The summed E-state index contributed by atoms with van der Waals surface area (Å²) in [5.74, 6) is 0.953. The average molecular weight is 258 g/mol. The lowest BCUT2D eigenvalue weighted by atomic mass is 10.1. The van der Waals surface area contributed by atoms with Crippen LogP contribution >= 0.6 is 15.9 Å². The third-order valence-corrected chi connectivity index (χ3v) is 2.80. The lowest BCUT2D eigenvalue weighted by Crippen LogP contribution is -2.11. The summed E-state index contributed by atoms with van der Waals surface area (Å²) in [4.78, 5) is 0. The van der Waals surface area contributed by atoms with E-state index >= 15 is 0 Å². The van der Waals surface area contributed by atoms with E-state index < -0.39 is 0 Å². The Bertz CT molecular complexity index is 352. The van der Waals surface area contributed by atoms with E-state index in [1.54, 1.807) is 7.05 Å². The predicted octanol–water partition coefficient (Wildman–Crippen LogP) is 2.21. The number of ether oxygens (including phenoxy) is 1. The highest BCUT2D eigenvalue weighted by Gasteiger charge is 2.16. The van der Waals surface area contributed by atoms with Crippen molar-refractivity contribution in [3.05, 3.63) is 27.7 Å². The number of hydrogen-bond donors (Lipinski definition) is 1. The van der Waals surface area contributed by atoms with Crippen LogP contribution in [0.3, 0.4) is 0 Å². The van der Waals surface area contributed by atoms with Gasteiger partial charge in [-0.1, -0.05) is 6.07 Å². The molecule has 14 heavy (non-hydrogen) atoms. The molecule has 1 aromatic carbocycles. The van der Waals surface area contributed by atoms with Crippen LogP contribution in [-0.4, -0.2) is 23.9 Å². The van der Waals surface area contributed by atoms with Gasteiger partial charge in [0.25, 0.3) is 0 Å². The Morgan fingerprint density at radius 3 is 3.07 bits per heavy atom. The number of nitrogens with zero attached hydrogens (tertiary/aromatic N) is 1. The van der Waals surface area contributed by atoms with Crippen LogP contribution in [0.25, 0.3) is 0 Å². The summed E-state index contributed by atoms with van der Waals surface area (Å²) >= 11 is 3.46. The number of fused-ring (bicyclic) bond motifs is 1. The number of hydroxylamine groups is 2. The van der Waals surface area contributed by atoms with Gasteiger partial charge in [0.05, 0.1) is 11.1 Å². The first-order chi connectivity index (χ1) is 6.66. The van der Waals surface area contributed by atoms with Gasteiger partial charge in [0, 0.05) is 20.0 Å². The van der Waals surface area contributed by atoms with Gasteiger partial charge < -0.3 is 9.94 Å². The van der Waals surface area contributed by atoms with Gasteiger partial charge in [-0.15, -0.1) is 0 Å². The van der Waals surface area contributed by atoms with Gasteiger partial charge in [-0.2, -0.15) is 5.06 Å². The maximum absolute atomic E-state index is 9.13. The molecule has 3 nitrogen and oxygen atoms in total. The Kier molecular flexibility index (Phi) is 2.76. The van der Waals surface area contributed by atoms with Crippen molar-refractivity contribution in [3.63, 3.8) is 0 Å².